The number of aromatic nitrogens is 1. The van der Waals surface area contributed by atoms with Crippen LogP contribution >= 0.6 is 30.9 Å². The lowest BCUT2D eigenvalue weighted by Crippen LogP contribution is -2.33. The number of hydrogen-bond acceptors (Lipinski definition) is 10. The van der Waals surface area contributed by atoms with E-state index in [4.69, 9.17) is 16.1 Å². The Morgan fingerprint density at radius 3 is 2.23 bits per heavy atom. The standard InChI is InChI=1S/C62H77ClN5O7PS2/c1-7-45-38-48(40-50(39-45)60-61(49-22-24-51(63)25-23-49)67(43(3)4)44(5)62(60)78(6,73)74)19-18-47-34-36-66(37-35-47)54-28-26-52(27-29-54)65-76(72,75-8-2)56-32-33-58(59(41-56)68(70)71)64-53(42-77-57-16-10-9-11-17-57)15-13-12-14-46-20-30-55(69)31-21-46/h7,9-11,16-17,22-29,32-33,38-41,43,46-47,53,55,64,69H,1,8,12-15,18-21,30-31,34-37,42H2,2-6H3,(H,65,72)/t46?,53-,55?,76?/m1/s1. The lowest BCUT2D eigenvalue weighted by molar-refractivity contribution is -0.383. The summed E-state index contributed by atoms with van der Waals surface area (Å²) >= 11 is 8.05. The summed E-state index contributed by atoms with van der Waals surface area (Å²) in [5, 5.41) is 30.2. The van der Waals surface area contributed by atoms with Gasteiger partial charge in [0, 0.05) is 75.8 Å². The van der Waals surface area contributed by atoms with Crippen LogP contribution in [0.25, 0.3) is 28.5 Å². The van der Waals surface area contributed by atoms with Gasteiger partial charge in [-0.3, -0.25) is 14.7 Å². The Hall–Kier alpha value is -5.34. The molecule has 0 spiro atoms. The van der Waals surface area contributed by atoms with E-state index < -0.39 is 22.3 Å². The Kier molecular flexibility index (Phi) is 20.2. The summed E-state index contributed by atoms with van der Waals surface area (Å²) in [6, 6.07) is 36.6. The molecule has 1 aliphatic heterocycles. The predicted molar refractivity (Wildman–Crippen MR) is 325 cm³/mol. The molecule has 0 radical (unpaired) electrons. The molecule has 0 bridgehead atoms. The number of sulfone groups is 1. The maximum absolute atomic E-state index is 14.7. The third kappa shape index (κ3) is 14.9. The van der Waals surface area contributed by atoms with E-state index >= 15 is 0 Å². The number of aliphatic hydroxyl groups excluding tert-OH is 1. The minimum atomic E-state index is -3.81. The van der Waals surface area contributed by atoms with Crippen molar-refractivity contribution < 1.29 is 27.5 Å². The molecule has 416 valence electrons. The smallest absolute Gasteiger partial charge is 0.324 e. The number of benzene rings is 5. The van der Waals surface area contributed by atoms with Gasteiger partial charge in [-0.15, -0.1) is 11.8 Å². The van der Waals surface area contributed by atoms with Crippen molar-refractivity contribution in [2.24, 2.45) is 11.8 Å². The molecular weight excluding hydrogens is 1060 g/mol. The normalized spacial score (nSPS) is 17.4. The molecule has 8 rings (SSSR count). The molecule has 6 aromatic rings. The number of nitrogens with zero attached hydrogens (tertiary/aromatic N) is 3. The second kappa shape index (κ2) is 26.7. The van der Waals surface area contributed by atoms with Crippen LogP contribution in [0.1, 0.15) is 114 Å². The van der Waals surface area contributed by atoms with Crippen molar-refractivity contribution in [3.05, 3.63) is 154 Å². The predicted octanol–water partition coefficient (Wildman–Crippen LogP) is 15.8. The van der Waals surface area contributed by atoms with E-state index in [1.54, 1.807) is 30.8 Å². The van der Waals surface area contributed by atoms with Gasteiger partial charge in [0.25, 0.3) is 5.69 Å². The quantitative estimate of drug-likeness (QED) is 0.0165. The summed E-state index contributed by atoms with van der Waals surface area (Å²) in [5.74, 6) is 1.86. The molecule has 2 atom stereocenters. The largest absolute Gasteiger partial charge is 0.393 e. The van der Waals surface area contributed by atoms with E-state index in [-0.39, 0.29) is 35.8 Å². The van der Waals surface area contributed by atoms with Crippen molar-refractivity contribution in [3.63, 3.8) is 0 Å². The maximum Gasteiger partial charge on any atom is 0.324 e. The second-order valence-corrected chi connectivity index (χ2v) is 27.1. The van der Waals surface area contributed by atoms with Crippen molar-refractivity contribution in [2.45, 2.75) is 133 Å². The number of unbranched alkanes of at least 4 members (excludes halogenated alkanes) is 1. The first-order valence-electron chi connectivity index (χ1n) is 27.7. The highest BCUT2D eigenvalue weighted by Crippen LogP contribution is 2.48. The number of anilines is 3. The minimum absolute atomic E-state index is 0.00109. The molecule has 1 unspecified atom stereocenters. The summed E-state index contributed by atoms with van der Waals surface area (Å²) in [7, 11) is -7.43. The van der Waals surface area contributed by atoms with Gasteiger partial charge >= 0.3 is 7.52 Å². The molecule has 3 N–H and O–H groups in total. The summed E-state index contributed by atoms with van der Waals surface area (Å²) in [6.07, 6.45) is 14.7. The average molecular weight is 1130 g/mol. The fourth-order valence-electron chi connectivity index (χ4n) is 11.6. The van der Waals surface area contributed by atoms with Crippen LogP contribution < -0.4 is 20.6 Å². The molecule has 78 heavy (non-hydrogen) atoms. The van der Waals surface area contributed by atoms with Crippen molar-refractivity contribution in [1.29, 1.82) is 0 Å². The molecule has 0 amide bonds. The monoisotopic (exact) mass is 1130 g/mol. The number of halogens is 1. The van der Waals surface area contributed by atoms with Crippen LogP contribution in [-0.2, 0) is 25.3 Å². The molecule has 12 nitrogen and oxygen atoms in total. The number of aliphatic hydroxyl groups is 1. The van der Waals surface area contributed by atoms with Gasteiger partial charge in [-0.2, -0.15) is 0 Å². The van der Waals surface area contributed by atoms with Gasteiger partial charge in [0.05, 0.1) is 33.5 Å². The Balaban J connectivity index is 0.912. The minimum Gasteiger partial charge on any atom is -0.393 e. The lowest BCUT2D eigenvalue weighted by atomic mass is 9.84. The molecule has 2 fully saturated rings. The average Bonchev–Trinajstić information content (AvgIpc) is 3.91. The molecule has 2 aliphatic rings. The van der Waals surface area contributed by atoms with Crippen molar-refractivity contribution in [3.8, 4) is 22.4 Å². The number of nitro groups is 1. The Morgan fingerprint density at radius 2 is 1.59 bits per heavy atom. The summed E-state index contributed by atoms with van der Waals surface area (Å²) in [6.45, 7) is 13.8. The van der Waals surface area contributed by atoms with Crippen LogP contribution in [0, 0.1) is 28.9 Å². The SMILES string of the molecule is C=Cc1cc(CCC2CCN(c3ccc(NP(=O)(OCC)c4ccc(N[C@H](CCCCC5CCC(O)CC5)CSc5ccccc5)c([N+](=O)[O-])c4)cc3)CC2)cc(-c2c(S(C)(=O)=O)c(C)n(C(C)C)c2-c2ccc(Cl)cc2)c1. The first-order chi connectivity index (χ1) is 37.4. The molecule has 1 saturated carbocycles. The highest BCUT2D eigenvalue weighted by Gasteiger charge is 2.32. The van der Waals surface area contributed by atoms with Crippen molar-refractivity contribution in [2.75, 3.05) is 47.0 Å². The first-order valence-corrected chi connectivity index (χ1v) is 32.6. The van der Waals surface area contributed by atoms with E-state index in [9.17, 15) is 28.2 Å². The number of aryl methyl sites for hydroxylation is 1. The fraction of sp³-hybridized carbons (Fsp3) is 0.419. The van der Waals surface area contributed by atoms with Gasteiger partial charge < -0.3 is 29.5 Å². The van der Waals surface area contributed by atoms with Crippen LogP contribution in [0.4, 0.5) is 22.7 Å². The highest BCUT2D eigenvalue weighted by molar-refractivity contribution is 7.99. The first kappa shape index (κ1) is 58.8. The van der Waals surface area contributed by atoms with Crippen LogP contribution in [0.2, 0.25) is 5.02 Å². The summed E-state index contributed by atoms with van der Waals surface area (Å²) < 4.78 is 50.1. The van der Waals surface area contributed by atoms with Crippen molar-refractivity contribution >= 4 is 74.8 Å². The Labute approximate surface area is 472 Å². The molecule has 1 aliphatic carbocycles. The number of nitro benzene ring substituents is 1. The number of nitrogens with one attached hydrogen (secondary N) is 2. The third-order valence-corrected chi connectivity index (χ3v) is 20.3. The zero-order valence-corrected chi connectivity index (χ0v) is 49.1. The van der Waals surface area contributed by atoms with E-state index in [0.717, 1.165) is 134 Å². The van der Waals surface area contributed by atoms with Gasteiger partial charge in [0.1, 0.15) is 5.69 Å². The highest BCUT2D eigenvalue weighted by atomic mass is 35.5. The van der Waals surface area contributed by atoms with Gasteiger partial charge in [-0.25, -0.2) is 8.42 Å². The molecule has 5 aromatic carbocycles. The Bertz CT molecular complexity index is 3160. The van der Waals surface area contributed by atoms with Gasteiger partial charge in [0.15, 0.2) is 9.84 Å². The zero-order valence-electron chi connectivity index (χ0n) is 45.8. The fourth-order valence-corrected chi connectivity index (χ4v) is 15.7. The molecule has 1 aromatic heterocycles. The molecule has 1 saturated heterocycles. The van der Waals surface area contributed by atoms with Gasteiger partial charge in [0.2, 0.25) is 0 Å². The number of piperidine rings is 1. The summed E-state index contributed by atoms with van der Waals surface area (Å²) in [4.78, 5) is 16.1. The maximum atomic E-state index is 14.7. The third-order valence-electron chi connectivity index (χ3n) is 15.5. The molecule has 2 heterocycles. The van der Waals surface area contributed by atoms with Crippen LogP contribution in [0.15, 0.2) is 132 Å². The number of thioether (sulfide) groups is 1. The number of rotatable bonds is 25. The van der Waals surface area contributed by atoms with Crippen LogP contribution in [0.3, 0.4) is 0 Å². The van der Waals surface area contributed by atoms with E-state index in [1.165, 1.54) is 12.3 Å². The van der Waals surface area contributed by atoms with Crippen LogP contribution in [0.5, 0.6) is 0 Å². The van der Waals surface area contributed by atoms with Crippen molar-refractivity contribution in [1.82, 2.24) is 4.57 Å². The molecular formula is C62H77ClN5O7PS2. The van der Waals surface area contributed by atoms with E-state index in [1.807, 2.05) is 85.8 Å². The number of hydrogen-bond donors (Lipinski definition) is 3. The van der Waals surface area contributed by atoms with Crippen LogP contribution in [-0.4, -0.2) is 66.9 Å². The summed E-state index contributed by atoms with van der Waals surface area (Å²) in [5.41, 5.74) is 7.93. The zero-order chi connectivity index (χ0) is 55.6. The molecule has 16 heteroatoms. The topological polar surface area (TPSA) is 156 Å². The van der Waals surface area contributed by atoms with E-state index in [0.29, 0.717) is 44.4 Å². The Morgan fingerprint density at radius 1 is 0.897 bits per heavy atom. The van der Waals surface area contributed by atoms with Gasteiger partial charge in [-0.05, 0) is 186 Å². The second-order valence-electron chi connectivity index (χ2n) is 21.5. The lowest BCUT2D eigenvalue weighted by Gasteiger charge is -2.34. The van der Waals surface area contributed by atoms with E-state index in [2.05, 4.69) is 64.6 Å². The van der Waals surface area contributed by atoms with Gasteiger partial charge in [-0.1, -0.05) is 86.0 Å².